The third-order valence-electron chi connectivity index (χ3n) is 2.47. The molecule has 1 heterocycles. The Kier molecular flexibility index (Phi) is 4.70. The van der Waals surface area contributed by atoms with E-state index in [1.165, 1.54) is 12.5 Å². The molecule has 2 aromatic rings. The van der Waals surface area contributed by atoms with Crippen LogP contribution in [0.1, 0.15) is 12.5 Å². The van der Waals surface area contributed by atoms with E-state index in [0.29, 0.717) is 33.2 Å². The standard InChI is InChI=1S/C13H12ClN3O2S/c1-2-15-13(20)17-16-6-8-7-19-11-4-3-9(14)5-10(11)12(8)18/h3-7H,2H2,1H3,(H2,15,17,20)/b16-6-. The fourth-order valence-electron chi connectivity index (χ4n) is 1.57. The van der Waals surface area contributed by atoms with E-state index in [1.807, 2.05) is 6.92 Å². The van der Waals surface area contributed by atoms with Crippen LogP contribution < -0.4 is 16.2 Å². The number of hydrogen-bond donors (Lipinski definition) is 2. The first-order valence-electron chi connectivity index (χ1n) is 5.89. The van der Waals surface area contributed by atoms with Gasteiger partial charge < -0.3 is 9.73 Å². The zero-order chi connectivity index (χ0) is 14.5. The van der Waals surface area contributed by atoms with Crippen molar-refractivity contribution in [2.24, 2.45) is 5.10 Å². The lowest BCUT2D eigenvalue weighted by molar-refractivity contribution is 0.601. The van der Waals surface area contributed by atoms with Crippen molar-refractivity contribution in [3.8, 4) is 0 Å². The molecule has 2 rings (SSSR count). The fraction of sp³-hybridized carbons (Fsp3) is 0.154. The predicted octanol–water partition coefficient (Wildman–Crippen LogP) is 2.26. The van der Waals surface area contributed by atoms with Crippen molar-refractivity contribution in [3.63, 3.8) is 0 Å². The Morgan fingerprint density at radius 3 is 3.10 bits per heavy atom. The second kappa shape index (κ2) is 6.49. The lowest BCUT2D eigenvalue weighted by Gasteiger charge is -2.02. The van der Waals surface area contributed by atoms with Crippen LogP contribution in [0.25, 0.3) is 11.0 Å². The van der Waals surface area contributed by atoms with Gasteiger partial charge in [-0.15, -0.1) is 0 Å². The molecule has 0 aliphatic rings. The maximum Gasteiger partial charge on any atom is 0.201 e. The van der Waals surface area contributed by atoms with Gasteiger partial charge in [0.05, 0.1) is 17.2 Å². The molecular weight excluding hydrogens is 298 g/mol. The minimum Gasteiger partial charge on any atom is -0.463 e. The summed E-state index contributed by atoms with van der Waals surface area (Å²) in [7, 11) is 0. The Balaban J connectivity index is 2.27. The minimum absolute atomic E-state index is 0.200. The van der Waals surface area contributed by atoms with Crippen molar-refractivity contribution in [2.45, 2.75) is 6.92 Å². The van der Waals surface area contributed by atoms with Gasteiger partial charge in [0.15, 0.2) is 5.11 Å². The van der Waals surface area contributed by atoms with Crippen LogP contribution >= 0.6 is 23.8 Å². The maximum absolute atomic E-state index is 12.2. The number of halogens is 1. The molecule has 0 spiro atoms. The second-order valence-electron chi connectivity index (χ2n) is 3.89. The molecule has 7 heteroatoms. The Bertz CT molecular complexity index is 727. The van der Waals surface area contributed by atoms with E-state index in [4.69, 9.17) is 28.2 Å². The van der Waals surface area contributed by atoms with E-state index in [-0.39, 0.29) is 5.43 Å². The molecule has 0 unspecified atom stereocenters. The molecule has 2 N–H and O–H groups in total. The SMILES string of the molecule is CCNC(=S)N/N=C\c1coc2ccc(Cl)cc2c1=O. The van der Waals surface area contributed by atoms with Crippen molar-refractivity contribution in [2.75, 3.05) is 6.54 Å². The Hall–Kier alpha value is -1.92. The van der Waals surface area contributed by atoms with Crippen molar-refractivity contribution < 1.29 is 4.42 Å². The zero-order valence-corrected chi connectivity index (χ0v) is 12.2. The zero-order valence-electron chi connectivity index (χ0n) is 10.6. The fourth-order valence-corrected chi connectivity index (χ4v) is 1.94. The molecule has 5 nitrogen and oxygen atoms in total. The number of hydrogen-bond acceptors (Lipinski definition) is 4. The van der Waals surface area contributed by atoms with Crippen molar-refractivity contribution >= 4 is 46.1 Å². The average molecular weight is 310 g/mol. The summed E-state index contributed by atoms with van der Waals surface area (Å²) in [5.41, 5.74) is 3.19. The third kappa shape index (κ3) is 3.34. The number of thiocarbonyl (C=S) groups is 1. The van der Waals surface area contributed by atoms with Crippen LogP contribution in [-0.2, 0) is 0 Å². The number of nitrogens with one attached hydrogen (secondary N) is 2. The van der Waals surface area contributed by atoms with Crippen LogP contribution in [-0.4, -0.2) is 17.9 Å². The van der Waals surface area contributed by atoms with Gasteiger partial charge in [-0.2, -0.15) is 5.10 Å². The Morgan fingerprint density at radius 1 is 1.55 bits per heavy atom. The number of benzene rings is 1. The summed E-state index contributed by atoms with van der Waals surface area (Å²) in [6.45, 7) is 2.61. The molecule has 0 aliphatic heterocycles. The van der Waals surface area contributed by atoms with E-state index < -0.39 is 0 Å². The lowest BCUT2D eigenvalue weighted by Crippen LogP contribution is -2.31. The van der Waals surface area contributed by atoms with E-state index in [1.54, 1.807) is 18.2 Å². The first-order valence-corrected chi connectivity index (χ1v) is 6.68. The van der Waals surface area contributed by atoms with Gasteiger partial charge in [0.25, 0.3) is 0 Å². The molecule has 0 fully saturated rings. The van der Waals surface area contributed by atoms with Crippen LogP contribution in [0.3, 0.4) is 0 Å². The molecular formula is C13H12ClN3O2S. The van der Waals surface area contributed by atoms with Crippen LogP contribution in [0, 0.1) is 0 Å². The first-order chi connectivity index (χ1) is 9.61. The topological polar surface area (TPSA) is 66.6 Å². The third-order valence-corrected chi connectivity index (χ3v) is 2.94. The van der Waals surface area contributed by atoms with Crippen molar-refractivity contribution in [1.29, 1.82) is 0 Å². The minimum atomic E-state index is -0.200. The molecule has 0 bridgehead atoms. The van der Waals surface area contributed by atoms with Gasteiger partial charge in [-0.1, -0.05) is 11.6 Å². The Labute approximate surface area is 125 Å². The van der Waals surface area contributed by atoms with Gasteiger partial charge in [0.1, 0.15) is 11.8 Å². The summed E-state index contributed by atoms with van der Waals surface area (Å²) in [5, 5.41) is 8.03. The number of hydrazone groups is 1. The number of fused-ring (bicyclic) bond motifs is 1. The molecule has 0 atom stereocenters. The summed E-state index contributed by atoms with van der Waals surface area (Å²) in [4.78, 5) is 12.2. The van der Waals surface area contributed by atoms with Gasteiger partial charge in [0.2, 0.25) is 5.43 Å². The highest BCUT2D eigenvalue weighted by molar-refractivity contribution is 7.80. The van der Waals surface area contributed by atoms with Gasteiger partial charge in [0, 0.05) is 11.6 Å². The average Bonchev–Trinajstić information content (AvgIpc) is 2.42. The van der Waals surface area contributed by atoms with Crippen LogP contribution in [0.4, 0.5) is 0 Å². The molecule has 104 valence electrons. The second-order valence-corrected chi connectivity index (χ2v) is 4.73. The molecule has 1 aromatic carbocycles. The maximum atomic E-state index is 12.2. The largest absolute Gasteiger partial charge is 0.463 e. The molecule has 0 aliphatic carbocycles. The van der Waals surface area contributed by atoms with Crippen molar-refractivity contribution in [3.05, 3.63) is 45.3 Å². The molecule has 0 amide bonds. The number of nitrogens with zero attached hydrogens (tertiary/aromatic N) is 1. The first kappa shape index (κ1) is 14.5. The highest BCUT2D eigenvalue weighted by Gasteiger charge is 2.05. The van der Waals surface area contributed by atoms with Gasteiger partial charge in [-0.05, 0) is 37.3 Å². The van der Waals surface area contributed by atoms with E-state index >= 15 is 0 Å². The van der Waals surface area contributed by atoms with Gasteiger partial charge >= 0.3 is 0 Å². The molecule has 1 aromatic heterocycles. The summed E-state index contributed by atoms with van der Waals surface area (Å²) in [5.74, 6) is 0. The van der Waals surface area contributed by atoms with E-state index in [2.05, 4.69) is 15.8 Å². The lowest BCUT2D eigenvalue weighted by atomic mass is 10.2. The van der Waals surface area contributed by atoms with Gasteiger partial charge in [-0.25, -0.2) is 0 Å². The van der Waals surface area contributed by atoms with Crippen LogP contribution in [0.5, 0.6) is 0 Å². The molecule has 0 saturated carbocycles. The summed E-state index contributed by atoms with van der Waals surface area (Å²) in [6.07, 6.45) is 2.70. The molecule has 20 heavy (non-hydrogen) atoms. The summed E-state index contributed by atoms with van der Waals surface area (Å²) < 4.78 is 5.36. The molecule has 0 saturated heterocycles. The highest BCUT2D eigenvalue weighted by atomic mass is 35.5. The Morgan fingerprint density at radius 2 is 2.35 bits per heavy atom. The van der Waals surface area contributed by atoms with E-state index in [9.17, 15) is 4.79 Å². The number of rotatable bonds is 3. The summed E-state index contributed by atoms with van der Waals surface area (Å²) >= 11 is 10.8. The normalized spacial score (nSPS) is 10.9. The predicted molar refractivity (Wildman–Crippen MR) is 84.5 cm³/mol. The summed E-state index contributed by atoms with van der Waals surface area (Å²) in [6, 6.07) is 4.88. The van der Waals surface area contributed by atoms with Crippen LogP contribution in [0.2, 0.25) is 5.02 Å². The van der Waals surface area contributed by atoms with Crippen molar-refractivity contribution in [1.82, 2.24) is 10.7 Å². The highest BCUT2D eigenvalue weighted by Crippen LogP contribution is 2.16. The van der Waals surface area contributed by atoms with Gasteiger partial charge in [-0.3, -0.25) is 10.2 Å². The molecule has 0 radical (unpaired) electrons. The van der Waals surface area contributed by atoms with Crippen LogP contribution in [0.15, 0.2) is 38.8 Å². The van der Waals surface area contributed by atoms with E-state index in [0.717, 1.165) is 0 Å². The smallest absolute Gasteiger partial charge is 0.201 e. The quantitative estimate of drug-likeness (QED) is 0.517. The monoisotopic (exact) mass is 309 g/mol.